The molecule has 0 saturated heterocycles. The third-order valence-corrected chi connectivity index (χ3v) is 4.17. The number of hydrogen-bond acceptors (Lipinski definition) is 3. The van der Waals surface area contributed by atoms with Crippen LogP contribution in [0.25, 0.3) is 5.76 Å². The first-order chi connectivity index (χ1) is 9.06. The molecule has 0 unspecified atom stereocenters. The van der Waals surface area contributed by atoms with Gasteiger partial charge in [-0.2, -0.15) is 0 Å². The molecule has 1 aromatic carbocycles. The van der Waals surface area contributed by atoms with Crippen molar-refractivity contribution in [3.8, 4) is 0 Å². The average Bonchev–Trinajstić information content (AvgIpc) is 2.45. The molecular formula is C16H16O3. The van der Waals surface area contributed by atoms with Crippen molar-refractivity contribution >= 4 is 17.3 Å². The van der Waals surface area contributed by atoms with Crippen molar-refractivity contribution in [2.45, 2.75) is 38.7 Å². The van der Waals surface area contributed by atoms with E-state index < -0.39 is 11.6 Å². The van der Waals surface area contributed by atoms with Crippen molar-refractivity contribution in [1.29, 1.82) is 0 Å². The van der Waals surface area contributed by atoms with E-state index in [1.54, 1.807) is 12.1 Å². The summed E-state index contributed by atoms with van der Waals surface area (Å²) in [6.07, 6.45) is 2.29. The minimum absolute atomic E-state index is 0.243. The van der Waals surface area contributed by atoms with Crippen LogP contribution < -0.4 is 0 Å². The van der Waals surface area contributed by atoms with Crippen LogP contribution >= 0.6 is 0 Å². The van der Waals surface area contributed by atoms with E-state index in [0.29, 0.717) is 23.3 Å². The standard InChI is InChI=1S/C16H16O3/c1-3-16(2)9-8-12-14(18)13(17)10-6-4-5-7-11(10)15(12)19-16/h4-7H,3,8-9H2,1-2H3/t16-/m0/s1. The van der Waals surface area contributed by atoms with Crippen LogP contribution in [0.3, 0.4) is 0 Å². The normalized spacial score (nSPS) is 25.8. The summed E-state index contributed by atoms with van der Waals surface area (Å²) in [5.41, 5.74) is 1.54. The number of fused-ring (bicyclic) bond motifs is 2. The van der Waals surface area contributed by atoms with Crippen LogP contribution in [0.4, 0.5) is 0 Å². The smallest absolute Gasteiger partial charge is 0.234 e. The van der Waals surface area contributed by atoms with Gasteiger partial charge < -0.3 is 4.74 Å². The number of carbonyl (C=O) groups excluding carboxylic acids is 2. The molecule has 0 bridgehead atoms. The molecule has 0 amide bonds. The van der Waals surface area contributed by atoms with Gasteiger partial charge in [0, 0.05) is 16.7 Å². The lowest BCUT2D eigenvalue weighted by Gasteiger charge is -2.38. The number of ketones is 2. The third kappa shape index (κ3) is 1.72. The number of Topliss-reactive ketones (excluding diaryl/α,β-unsaturated/α-hetero) is 2. The number of allylic oxidation sites excluding steroid dienone is 1. The topological polar surface area (TPSA) is 43.4 Å². The van der Waals surface area contributed by atoms with Gasteiger partial charge in [-0.05, 0) is 26.2 Å². The van der Waals surface area contributed by atoms with Crippen LogP contribution in [0.2, 0.25) is 0 Å². The van der Waals surface area contributed by atoms with Gasteiger partial charge in [-0.1, -0.05) is 31.2 Å². The minimum atomic E-state index is -0.405. The molecule has 0 N–H and O–H groups in total. The molecule has 0 spiro atoms. The Bertz CT molecular complexity index is 612. The van der Waals surface area contributed by atoms with Crippen LogP contribution in [-0.4, -0.2) is 17.2 Å². The van der Waals surface area contributed by atoms with Crippen molar-refractivity contribution in [1.82, 2.24) is 0 Å². The first-order valence-electron chi connectivity index (χ1n) is 6.66. The first-order valence-corrected chi connectivity index (χ1v) is 6.66. The summed E-state index contributed by atoms with van der Waals surface area (Å²) >= 11 is 0. The summed E-state index contributed by atoms with van der Waals surface area (Å²) < 4.78 is 6.08. The van der Waals surface area contributed by atoms with Gasteiger partial charge in [0.1, 0.15) is 11.4 Å². The summed E-state index contributed by atoms with van der Waals surface area (Å²) in [4.78, 5) is 24.2. The van der Waals surface area contributed by atoms with Crippen molar-refractivity contribution in [3.63, 3.8) is 0 Å². The molecular weight excluding hydrogens is 240 g/mol. The highest BCUT2D eigenvalue weighted by molar-refractivity contribution is 6.52. The number of rotatable bonds is 1. The SMILES string of the molecule is CC[C@@]1(C)CCC2=C(O1)c1ccccc1C(=O)C2=O. The molecule has 3 heteroatoms. The molecule has 1 heterocycles. The Kier molecular flexibility index (Phi) is 2.59. The summed E-state index contributed by atoms with van der Waals surface area (Å²) in [6, 6.07) is 7.20. The van der Waals surface area contributed by atoms with Crippen molar-refractivity contribution < 1.29 is 14.3 Å². The van der Waals surface area contributed by atoms with Gasteiger partial charge in [-0.25, -0.2) is 0 Å². The van der Waals surface area contributed by atoms with Crippen LogP contribution in [0.5, 0.6) is 0 Å². The fourth-order valence-electron chi connectivity index (χ4n) is 2.68. The molecule has 1 aromatic rings. The van der Waals surface area contributed by atoms with Gasteiger partial charge in [0.2, 0.25) is 11.6 Å². The molecule has 1 aliphatic carbocycles. The predicted octanol–water partition coefficient (Wildman–Crippen LogP) is 3.14. The molecule has 0 saturated carbocycles. The zero-order valence-electron chi connectivity index (χ0n) is 11.2. The molecule has 3 rings (SSSR count). The third-order valence-electron chi connectivity index (χ3n) is 4.17. The summed E-state index contributed by atoms with van der Waals surface area (Å²) in [5, 5.41) is 0. The fourth-order valence-corrected chi connectivity index (χ4v) is 2.68. The summed E-state index contributed by atoms with van der Waals surface area (Å²) in [6.45, 7) is 4.13. The quantitative estimate of drug-likeness (QED) is 0.725. The van der Waals surface area contributed by atoms with Gasteiger partial charge >= 0.3 is 0 Å². The molecule has 98 valence electrons. The summed E-state index contributed by atoms with van der Waals surface area (Å²) in [7, 11) is 0. The first kappa shape index (κ1) is 12.2. The Morgan fingerprint density at radius 1 is 1.16 bits per heavy atom. The maximum Gasteiger partial charge on any atom is 0.234 e. The molecule has 1 aliphatic heterocycles. The Labute approximate surface area is 112 Å². The van der Waals surface area contributed by atoms with E-state index in [1.807, 2.05) is 12.1 Å². The van der Waals surface area contributed by atoms with Crippen LogP contribution in [-0.2, 0) is 9.53 Å². The van der Waals surface area contributed by atoms with Crippen LogP contribution in [0, 0.1) is 0 Å². The highest BCUT2D eigenvalue weighted by Gasteiger charge is 2.40. The Hall–Kier alpha value is -1.90. The highest BCUT2D eigenvalue weighted by atomic mass is 16.5. The lowest BCUT2D eigenvalue weighted by atomic mass is 9.81. The minimum Gasteiger partial charge on any atom is -0.486 e. The Morgan fingerprint density at radius 2 is 1.84 bits per heavy atom. The highest BCUT2D eigenvalue weighted by Crippen LogP contribution is 2.42. The Balaban J connectivity index is 2.18. The van der Waals surface area contributed by atoms with E-state index in [4.69, 9.17) is 4.74 Å². The maximum atomic E-state index is 12.1. The molecule has 2 aliphatic rings. The maximum absolute atomic E-state index is 12.1. The fraction of sp³-hybridized carbons (Fsp3) is 0.375. The predicted molar refractivity (Wildman–Crippen MR) is 71.7 cm³/mol. The summed E-state index contributed by atoms with van der Waals surface area (Å²) in [5.74, 6) is -0.180. The van der Waals surface area contributed by atoms with Crippen LogP contribution in [0.15, 0.2) is 29.8 Å². The van der Waals surface area contributed by atoms with Crippen LogP contribution in [0.1, 0.15) is 49.0 Å². The average molecular weight is 256 g/mol. The van der Waals surface area contributed by atoms with E-state index in [0.717, 1.165) is 18.4 Å². The number of ether oxygens (including phenoxy) is 1. The van der Waals surface area contributed by atoms with E-state index in [9.17, 15) is 9.59 Å². The van der Waals surface area contributed by atoms with E-state index >= 15 is 0 Å². The molecule has 0 radical (unpaired) electrons. The van der Waals surface area contributed by atoms with Gasteiger partial charge in [0.25, 0.3) is 0 Å². The number of benzene rings is 1. The molecule has 19 heavy (non-hydrogen) atoms. The second-order valence-electron chi connectivity index (χ2n) is 5.42. The molecule has 0 aromatic heterocycles. The van der Waals surface area contributed by atoms with E-state index in [2.05, 4.69) is 13.8 Å². The zero-order chi connectivity index (χ0) is 13.6. The Morgan fingerprint density at radius 3 is 2.53 bits per heavy atom. The van der Waals surface area contributed by atoms with Gasteiger partial charge in [-0.15, -0.1) is 0 Å². The van der Waals surface area contributed by atoms with Gasteiger partial charge in [0.15, 0.2) is 0 Å². The second kappa shape index (κ2) is 4.05. The van der Waals surface area contributed by atoms with Crippen molar-refractivity contribution in [3.05, 3.63) is 41.0 Å². The monoisotopic (exact) mass is 256 g/mol. The van der Waals surface area contributed by atoms with E-state index in [-0.39, 0.29) is 5.60 Å². The van der Waals surface area contributed by atoms with E-state index in [1.165, 1.54) is 0 Å². The molecule has 0 fully saturated rings. The van der Waals surface area contributed by atoms with Crippen molar-refractivity contribution in [2.75, 3.05) is 0 Å². The van der Waals surface area contributed by atoms with Gasteiger partial charge in [-0.3, -0.25) is 9.59 Å². The number of hydrogen-bond donors (Lipinski definition) is 0. The number of carbonyl (C=O) groups is 2. The lowest BCUT2D eigenvalue weighted by Crippen LogP contribution is -2.36. The zero-order valence-corrected chi connectivity index (χ0v) is 11.2. The molecule has 3 nitrogen and oxygen atoms in total. The van der Waals surface area contributed by atoms with Crippen molar-refractivity contribution in [2.24, 2.45) is 0 Å². The van der Waals surface area contributed by atoms with Gasteiger partial charge in [0.05, 0.1) is 0 Å². The molecule has 1 atom stereocenters. The largest absolute Gasteiger partial charge is 0.486 e. The lowest BCUT2D eigenvalue weighted by molar-refractivity contribution is -0.112. The second-order valence-corrected chi connectivity index (χ2v) is 5.42.